The van der Waals surface area contributed by atoms with Crippen molar-refractivity contribution in [1.29, 1.82) is 0 Å². The summed E-state index contributed by atoms with van der Waals surface area (Å²) >= 11 is 6.27. The molecule has 0 radical (unpaired) electrons. The summed E-state index contributed by atoms with van der Waals surface area (Å²) < 4.78 is 48.2. The number of hydrogen-bond donors (Lipinski definition) is 1. The Morgan fingerprint density at radius 1 is 1.02 bits per heavy atom. The topological polar surface area (TPSA) is 96.0 Å². The van der Waals surface area contributed by atoms with Crippen LogP contribution in [0.4, 0.5) is 10.1 Å². The normalized spacial score (nSPS) is 12.0. The van der Waals surface area contributed by atoms with Gasteiger partial charge in [0.1, 0.15) is 24.2 Å². The molecule has 0 saturated carbocycles. The van der Waals surface area contributed by atoms with Crippen molar-refractivity contribution in [3.8, 4) is 5.75 Å². The molecule has 2 amide bonds. The van der Waals surface area contributed by atoms with Crippen molar-refractivity contribution < 1.29 is 27.1 Å². The summed E-state index contributed by atoms with van der Waals surface area (Å²) in [6, 6.07) is 15.4. The lowest BCUT2D eigenvalue weighted by molar-refractivity contribution is -0.140. The van der Waals surface area contributed by atoms with Crippen LogP contribution in [0.15, 0.2) is 71.6 Å². The van der Waals surface area contributed by atoms with Gasteiger partial charge in [0.05, 0.1) is 17.7 Å². The molecule has 0 aromatic heterocycles. The molecule has 3 aromatic carbocycles. The largest absolute Gasteiger partial charge is 0.495 e. The van der Waals surface area contributed by atoms with Gasteiger partial charge in [-0.15, -0.1) is 0 Å². The van der Waals surface area contributed by atoms with Crippen LogP contribution in [0.3, 0.4) is 0 Å². The average molecular weight is 618 g/mol. The molecule has 42 heavy (non-hydrogen) atoms. The van der Waals surface area contributed by atoms with Crippen molar-refractivity contribution in [3.63, 3.8) is 0 Å². The first-order valence-corrected chi connectivity index (χ1v) is 15.6. The number of halogens is 2. The zero-order valence-corrected chi connectivity index (χ0v) is 25.8. The number of aryl methyl sites for hydroxylation is 1. The smallest absolute Gasteiger partial charge is 0.264 e. The van der Waals surface area contributed by atoms with Crippen LogP contribution >= 0.6 is 11.6 Å². The Morgan fingerprint density at radius 2 is 1.69 bits per heavy atom. The summed E-state index contributed by atoms with van der Waals surface area (Å²) in [5, 5.41) is 3.12. The van der Waals surface area contributed by atoms with Gasteiger partial charge in [-0.2, -0.15) is 0 Å². The maximum Gasteiger partial charge on any atom is 0.264 e. The molecule has 3 aromatic rings. The first-order chi connectivity index (χ1) is 20.0. The highest BCUT2D eigenvalue weighted by Gasteiger charge is 2.34. The van der Waals surface area contributed by atoms with Gasteiger partial charge >= 0.3 is 0 Å². The number of benzene rings is 3. The molecule has 1 atom stereocenters. The van der Waals surface area contributed by atoms with Crippen molar-refractivity contribution in [2.45, 2.75) is 57.5 Å². The Bertz CT molecular complexity index is 1470. The SMILES string of the molecule is CCCCNC(=O)[C@@H](CC)N(Cc1ccc(F)cc1)C(=O)CN(c1cc(Cl)ccc1OC)S(=O)(=O)c1ccc(C)cc1. The minimum Gasteiger partial charge on any atom is -0.495 e. The average Bonchev–Trinajstić information content (AvgIpc) is 2.97. The monoisotopic (exact) mass is 617 g/mol. The molecule has 0 heterocycles. The number of sulfonamides is 1. The van der Waals surface area contributed by atoms with Crippen molar-refractivity contribution in [2.75, 3.05) is 24.5 Å². The highest BCUT2D eigenvalue weighted by atomic mass is 35.5. The molecule has 11 heteroatoms. The number of unbranched alkanes of at least 4 members (excludes halogenated alkanes) is 1. The second kappa shape index (κ2) is 15.0. The first kappa shape index (κ1) is 32.9. The second-order valence-corrected chi connectivity index (χ2v) is 12.2. The Hall–Kier alpha value is -3.63. The van der Waals surface area contributed by atoms with E-state index in [1.807, 2.05) is 13.8 Å². The maximum atomic E-state index is 14.1. The van der Waals surface area contributed by atoms with Crippen LogP contribution < -0.4 is 14.4 Å². The molecular weight excluding hydrogens is 581 g/mol. The summed E-state index contributed by atoms with van der Waals surface area (Å²) in [7, 11) is -2.91. The van der Waals surface area contributed by atoms with Crippen molar-refractivity contribution in [2.24, 2.45) is 0 Å². The summed E-state index contributed by atoms with van der Waals surface area (Å²) in [6.07, 6.45) is 1.92. The molecule has 0 bridgehead atoms. The predicted octanol–water partition coefficient (Wildman–Crippen LogP) is 5.72. The van der Waals surface area contributed by atoms with E-state index in [1.54, 1.807) is 25.1 Å². The highest BCUT2D eigenvalue weighted by molar-refractivity contribution is 7.92. The molecule has 1 N–H and O–H groups in total. The fourth-order valence-electron chi connectivity index (χ4n) is 4.42. The van der Waals surface area contributed by atoms with Crippen LogP contribution in [0.1, 0.15) is 44.2 Å². The quantitative estimate of drug-likeness (QED) is 0.234. The molecule has 0 aliphatic carbocycles. The van der Waals surface area contributed by atoms with Gasteiger partial charge in [-0.3, -0.25) is 13.9 Å². The van der Waals surface area contributed by atoms with Crippen LogP contribution in [0.25, 0.3) is 0 Å². The fourth-order valence-corrected chi connectivity index (χ4v) is 6.00. The van der Waals surface area contributed by atoms with Crippen molar-refractivity contribution in [1.82, 2.24) is 10.2 Å². The minimum atomic E-state index is -4.30. The summed E-state index contributed by atoms with van der Waals surface area (Å²) in [6.45, 7) is 5.37. The molecule has 0 aliphatic heterocycles. The molecule has 0 saturated heterocycles. The molecule has 3 rings (SSSR count). The summed E-state index contributed by atoms with van der Waals surface area (Å²) in [5.41, 5.74) is 1.51. The van der Waals surface area contributed by atoms with Gasteiger partial charge in [0.2, 0.25) is 11.8 Å². The van der Waals surface area contributed by atoms with E-state index >= 15 is 0 Å². The van der Waals surface area contributed by atoms with E-state index in [4.69, 9.17) is 16.3 Å². The van der Waals surface area contributed by atoms with E-state index in [9.17, 15) is 22.4 Å². The van der Waals surface area contributed by atoms with E-state index in [2.05, 4.69) is 5.32 Å². The standard InChI is InChI=1S/C31H37ClFN3O5S/c1-5-7-18-34-31(38)27(6-2)35(20-23-10-13-25(33)14-11-23)30(37)21-36(28-19-24(32)12-17-29(28)41-4)42(39,40)26-15-8-22(3)9-16-26/h8-17,19,27H,5-7,18,20-21H2,1-4H3,(H,34,38)/t27-/m1/s1. The second-order valence-electron chi connectivity index (χ2n) is 9.86. The number of amides is 2. The number of ether oxygens (including phenoxy) is 1. The van der Waals surface area contributed by atoms with Crippen LogP contribution in [0, 0.1) is 12.7 Å². The number of methoxy groups -OCH3 is 1. The molecule has 0 fully saturated rings. The zero-order chi connectivity index (χ0) is 30.9. The molecule has 0 unspecified atom stereocenters. The van der Waals surface area contributed by atoms with Crippen LogP contribution in [0.5, 0.6) is 5.75 Å². The van der Waals surface area contributed by atoms with Gasteiger partial charge in [-0.1, -0.05) is 61.7 Å². The van der Waals surface area contributed by atoms with Crippen molar-refractivity contribution >= 4 is 39.1 Å². The van der Waals surface area contributed by atoms with E-state index in [0.717, 1.165) is 22.7 Å². The van der Waals surface area contributed by atoms with E-state index in [1.165, 1.54) is 60.5 Å². The number of anilines is 1. The van der Waals surface area contributed by atoms with Gasteiger partial charge in [0.25, 0.3) is 10.0 Å². The Morgan fingerprint density at radius 3 is 2.29 bits per heavy atom. The third-order valence-electron chi connectivity index (χ3n) is 6.78. The molecular formula is C31H37ClFN3O5S. The lowest BCUT2D eigenvalue weighted by Crippen LogP contribution is -2.52. The molecule has 0 spiro atoms. The van der Waals surface area contributed by atoms with E-state index in [-0.39, 0.29) is 40.2 Å². The number of hydrogen-bond acceptors (Lipinski definition) is 5. The lowest BCUT2D eigenvalue weighted by atomic mass is 10.1. The zero-order valence-electron chi connectivity index (χ0n) is 24.3. The van der Waals surface area contributed by atoms with Gasteiger partial charge in [0.15, 0.2) is 0 Å². The number of carbonyl (C=O) groups excluding carboxylic acids is 2. The van der Waals surface area contributed by atoms with E-state index in [0.29, 0.717) is 12.1 Å². The Labute approximate surface area is 252 Å². The Balaban J connectivity index is 2.10. The van der Waals surface area contributed by atoms with Crippen LogP contribution in [-0.2, 0) is 26.2 Å². The van der Waals surface area contributed by atoms with Gasteiger partial charge in [0, 0.05) is 18.1 Å². The minimum absolute atomic E-state index is 0.0302. The first-order valence-electron chi connectivity index (χ1n) is 13.8. The van der Waals surface area contributed by atoms with Crippen LogP contribution in [-0.4, -0.2) is 51.4 Å². The van der Waals surface area contributed by atoms with Crippen molar-refractivity contribution in [3.05, 3.63) is 88.7 Å². The fraction of sp³-hybridized carbons (Fsp3) is 0.355. The summed E-state index contributed by atoms with van der Waals surface area (Å²) in [4.78, 5) is 28.7. The van der Waals surface area contributed by atoms with Gasteiger partial charge < -0.3 is 15.0 Å². The maximum absolute atomic E-state index is 14.1. The lowest BCUT2D eigenvalue weighted by Gasteiger charge is -2.33. The molecule has 0 aliphatic rings. The molecule has 226 valence electrons. The third-order valence-corrected chi connectivity index (χ3v) is 8.79. The third kappa shape index (κ3) is 8.23. The summed E-state index contributed by atoms with van der Waals surface area (Å²) in [5.74, 6) is -1.23. The van der Waals surface area contributed by atoms with Gasteiger partial charge in [-0.25, -0.2) is 12.8 Å². The molecule has 8 nitrogen and oxygen atoms in total. The van der Waals surface area contributed by atoms with Gasteiger partial charge in [-0.05, 0) is 67.8 Å². The number of nitrogens with zero attached hydrogens (tertiary/aromatic N) is 2. The highest BCUT2D eigenvalue weighted by Crippen LogP contribution is 2.35. The number of rotatable bonds is 14. The van der Waals surface area contributed by atoms with Crippen LogP contribution in [0.2, 0.25) is 5.02 Å². The Kier molecular flexibility index (Phi) is 11.8. The van der Waals surface area contributed by atoms with E-state index < -0.39 is 34.3 Å². The predicted molar refractivity (Wildman–Crippen MR) is 163 cm³/mol. The number of carbonyl (C=O) groups is 2. The number of nitrogens with one attached hydrogen (secondary N) is 1.